The number of hydrogen-bond acceptors (Lipinski definition) is 2. The molecule has 1 N–H and O–H groups in total. The van der Waals surface area contributed by atoms with E-state index in [1.807, 2.05) is 0 Å². The van der Waals surface area contributed by atoms with E-state index in [4.69, 9.17) is 16.3 Å². The SMILES string of the molecule is C#C[C@@H]1CC[C@@H](CO)O1. The van der Waals surface area contributed by atoms with Crippen LogP contribution in [0.1, 0.15) is 12.8 Å². The summed E-state index contributed by atoms with van der Waals surface area (Å²) in [4.78, 5) is 0. The maximum Gasteiger partial charge on any atom is 0.118 e. The molecular weight excluding hydrogens is 116 g/mol. The lowest BCUT2D eigenvalue weighted by molar-refractivity contribution is 0.0347. The Morgan fingerprint density at radius 3 is 2.78 bits per heavy atom. The van der Waals surface area contributed by atoms with Gasteiger partial charge in [0.2, 0.25) is 0 Å². The average molecular weight is 126 g/mol. The van der Waals surface area contributed by atoms with E-state index in [0.717, 1.165) is 12.8 Å². The molecule has 0 aromatic rings. The number of terminal acetylenes is 1. The van der Waals surface area contributed by atoms with Gasteiger partial charge in [0, 0.05) is 0 Å². The summed E-state index contributed by atoms with van der Waals surface area (Å²) in [7, 11) is 0. The molecule has 0 aromatic heterocycles. The van der Waals surface area contributed by atoms with Crippen LogP contribution in [-0.4, -0.2) is 23.9 Å². The Morgan fingerprint density at radius 2 is 2.44 bits per heavy atom. The predicted octanol–water partition coefficient (Wildman–Crippen LogP) is 0.160. The monoisotopic (exact) mass is 126 g/mol. The molecule has 0 aliphatic carbocycles. The minimum atomic E-state index is -0.0536. The molecule has 0 amide bonds. The van der Waals surface area contributed by atoms with Gasteiger partial charge in [-0.1, -0.05) is 5.92 Å². The van der Waals surface area contributed by atoms with Crippen molar-refractivity contribution in [3.8, 4) is 12.3 Å². The maximum absolute atomic E-state index is 8.59. The second-order valence-corrected chi connectivity index (χ2v) is 2.17. The van der Waals surface area contributed by atoms with Crippen molar-refractivity contribution in [2.75, 3.05) is 6.61 Å². The van der Waals surface area contributed by atoms with E-state index in [1.165, 1.54) is 0 Å². The fraction of sp³-hybridized carbons (Fsp3) is 0.714. The van der Waals surface area contributed by atoms with Gasteiger partial charge >= 0.3 is 0 Å². The van der Waals surface area contributed by atoms with E-state index in [-0.39, 0.29) is 18.8 Å². The van der Waals surface area contributed by atoms with Gasteiger partial charge in [-0.05, 0) is 12.8 Å². The highest BCUT2D eigenvalue weighted by Gasteiger charge is 2.22. The maximum atomic E-state index is 8.59. The van der Waals surface area contributed by atoms with Crippen molar-refractivity contribution in [2.45, 2.75) is 25.0 Å². The first-order valence-electron chi connectivity index (χ1n) is 3.09. The number of aliphatic hydroxyl groups is 1. The predicted molar refractivity (Wildman–Crippen MR) is 33.8 cm³/mol. The van der Waals surface area contributed by atoms with Crippen molar-refractivity contribution in [2.24, 2.45) is 0 Å². The fourth-order valence-corrected chi connectivity index (χ4v) is 0.963. The van der Waals surface area contributed by atoms with Crippen LogP contribution in [-0.2, 0) is 4.74 Å². The highest BCUT2D eigenvalue weighted by atomic mass is 16.5. The molecule has 2 atom stereocenters. The van der Waals surface area contributed by atoms with Crippen LogP contribution in [0.4, 0.5) is 0 Å². The first-order chi connectivity index (χ1) is 4.36. The van der Waals surface area contributed by atoms with Crippen molar-refractivity contribution >= 4 is 0 Å². The molecule has 0 radical (unpaired) electrons. The summed E-state index contributed by atoms with van der Waals surface area (Å²) in [6.07, 6.45) is 6.82. The molecule has 2 heteroatoms. The topological polar surface area (TPSA) is 29.5 Å². The molecule has 0 aromatic carbocycles. The number of aliphatic hydroxyl groups excluding tert-OH is 1. The smallest absolute Gasteiger partial charge is 0.118 e. The van der Waals surface area contributed by atoms with Crippen LogP contribution >= 0.6 is 0 Å². The standard InChI is InChI=1S/C7H10O2/c1-2-6-3-4-7(5-8)9-6/h1,6-8H,3-5H2/t6-,7+/m1/s1. The van der Waals surface area contributed by atoms with Gasteiger partial charge in [0.05, 0.1) is 12.7 Å². The second-order valence-electron chi connectivity index (χ2n) is 2.17. The summed E-state index contributed by atoms with van der Waals surface area (Å²) in [5.41, 5.74) is 0. The molecule has 50 valence electrons. The quantitative estimate of drug-likeness (QED) is 0.507. The van der Waals surface area contributed by atoms with Crippen molar-refractivity contribution in [1.82, 2.24) is 0 Å². The van der Waals surface area contributed by atoms with Crippen LogP contribution in [0.5, 0.6) is 0 Å². The first-order valence-corrected chi connectivity index (χ1v) is 3.09. The normalized spacial score (nSPS) is 34.2. The van der Waals surface area contributed by atoms with E-state index >= 15 is 0 Å². The van der Waals surface area contributed by atoms with Crippen LogP contribution in [0.25, 0.3) is 0 Å². The van der Waals surface area contributed by atoms with Gasteiger partial charge in [-0.25, -0.2) is 0 Å². The zero-order valence-electron chi connectivity index (χ0n) is 5.21. The summed E-state index contributed by atoms with van der Waals surface area (Å²) < 4.78 is 5.17. The van der Waals surface area contributed by atoms with E-state index in [2.05, 4.69) is 5.92 Å². The zero-order chi connectivity index (χ0) is 6.69. The van der Waals surface area contributed by atoms with E-state index in [9.17, 15) is 0 Å². The summed E-state index contributed by atoms with van der Waals surface area (Å²) in [5.74, 6) is 2.49. The van der Waals surface area contributed by atoms with Crippen LogP contribution in [0.3, 0.4) is 0 Å². The van der Waals surface area contributed by atoms with Gasteiger partial charge in [-0.3, -0.25) is 0 Å². The molecule has 1 heterocycles. The van der Waals surface area contributed by atoms with Gasteiger partial charge in [0.25, 0.3) is 0 Å². The highest BCUT2D eigenvalue weighted by molar-refractivity contribution is 4.97. The van der Waals surface area contributed by atoms with Crippen LogP contribution in [0, 0.1) is 12.3 Å². The Labute approximate surface area is 54.8 Å². The van der Waals surface area contributed by atoms with Crippen molar-refractivity contribution in [1.29, 1.82) is 0 Å². The van der Waals surface area contributed by atoms with Gasteiger partial charge in [-0.2, -0.15) is 0 Å². The number of hydrogen-bond donors (Lipinski definition) is 1. The third kappa shape index (κ3) is 1.44. The van der Waals surface area contributed by atoms with Gasteiger partial charge in [0.1, 0.15) is 6.10 Å². The van der Waals surface area contributed by atoms with Crippen molar-refractivity contribution < 1.29 is 9.84 Å². The molecule has 9 heavy (non-hydrogen) atoms. The van der Waals surface area contributed by atoms with Gasteiger partial charge in [0.15, 0.2) is 0 Å². The molecule has 0 bridgehead atoms. The molecule has 1 aliphatic heterocycles. The van der Waals surface area contributed by atoms with Gasteiger partial charge in [-0.15, -0.1) is 6.42 Å². The van der Waals surface area contributed by atoms with Crippen LogP contribution in [0.2, 0.25) is 0 Å². The summed E-state index contributed by atoms with van der Waals surface area (Å²) in [6, 6.07) is 0. The Bertz CT molecular complexity index is 125. The summed E-state index contributed by atoms with van der Waals surface area (Å²) >= 11 is 0. The third-order valence-electron chi connectivity index (χ3n) is 1.50. The van der Waals surface area contributed by atoms with Gasteiger partial charge < -0.3 is 9.84 Å². The largest absolute Gasteiger partial charge is 0.394 e. The summed E-state index contributed by atoms with van der Waals surface area (Å²) in [6.45, 7) is 0.0954. The molecule has 2 nitrogen and oxygen atoms in total. The first kappa shape index (κ1) is 6.60. The minimum absolute atomic E-state index is 0.00829. The molecule has 1 fully saturated rings. The third-order valence-corrected chi connectivity index (χ3v) is 1.50. The summed E-state index contributed by atoms with van der Waals surface area (Å²) in [5, 5.41) is 8.59. The molecule has 0 saturated carbocycles. The van der Waals surface area contributed by atoms with Crippen LogP contribution in [0.15, 0.2) is 0 Å². The minimum Gasteiger partial charge on any atom is -0.394 e. The van der Waals surface area contributed by atoms with E-state index < -0.39 is 0 Å². The lowest BCUT2D eigenvalue weighted by Gasteiger charge is -2.04. The molecule has 1 saturated heterocycles. The molecule has 0 unspecified atom stereocenters. The lowest BCUT2D eigenvalue weighted by atomic mass is 10.2. The van der Waals surface area contributed by atoms with Crippen LogP contribution < -0.4 is 0 Å². The molecule has 1 aliphatic rings. The lowest BCUT2D eigenvalue weighted by Crippen LogP contribution is -2.12. The number of rotatable bonds is 1. The average Bonchev–Trinajstić information content (AvgIpc) is 2.34. The highest BCUT2D eigenvalue weighted by Crippen LogP contribution is 2.17. The Balaban J connectivity index is 2.31. The fourth-order valence-electron chi connectivity index (χ4n) is 0.963. The van der Waals surface area contributed by atoms with E-state index in [0.29, 0.717) is 0 Å². The Kier molecular flexibility index (Phi) is 2.10. The number of ether oxygens (including phenoxy) is 1. The van der Waals surface area contributed by atoms with Crippen molar-refractivity contribution in [3.05, 3.63) is 0 Å². The zero-order valence-corrected chi connectivity index (χ0v) is 5.21. The van der Waals surface area contributed by atoms with Crippen molar-refractivity contribution in [3.63, 3.8) is 0 Å². The molecular formula is C7H10O2. The molecule has 0 spiro atoms. The Morgan fingerprint density at radius 1 is 1.67 bits per heavy atom. The Hall–Kier alpha value is -0.520. The second kappa shape index (κ2) is 2.86. The molecule has 1 rings (SSSR count). The van der Waals surface area contributed by atoms with E-state index in [1.54, 1.807) is 0 Å².